The highest BCUT2D eigenvalue weighted by atomic mass is 32.2. The highest BCUT2D eigenvalue weighted by molar-refractivity contribution is 7.92. The standard InChI is InChI=1S/C12H18N4O2S2/c1-3-10-8-14-16(9-10)12(13-4-2)15-20(17,18)11-6-5-7-19-11/h5-8,10H,3-4,9H2,1-2H3,(H,13,15). The summed E-state index contributed by atoms with van der Waals surface area (Å²) in [5.41, 5.74) is 0. The van der Waals surface area contributed by atoms with E-state index in [2.05, 4.69) is 21.7 Å². The van der Waals surface area contributed by atoms with Crippen molar-refractivity contribution in [1.82, 2.24) is 9.73 Å². The Morgan fingerprint density at radius 3 is 2.95 bits per heavy atom. The number of nitrogens with one attached hydrogen (secondary N) is 1. The lowest BCUT2D eigenvalue weighted by atomic mass is 10.1. The molecular weight excluding hydrogens is 296 g/mol. The molecule has 0 radical (unpaired) electrons. The van der Waals surface area contributed by atoms with Crippen molar-refractivity contribution in [3.05, 3.63) is 17.5 Å². The average Bonchev–Trinajstić information content (AvgIpc) is 3.09. The minimum absolute atomic E-state index is 0.275. The van der Waals surface area contributed by atoms with Gasteiger partial charge in [-0.2, -0.15) is 5.10 Å². The molecule has 20 heavy (non-hydrogen) atoms. The molecule has 2 rings (SSSR count). The molecule has 1 N–H and O–H groups in total. The molecule has 6 nitrogen and oxygen atoms in total. The number of nitrogens with zero attached hydrogens (tertiary/aromatic N) is 3. The molecule has 110 valence electrons. The Bertz CT molecular complexity index is 593. The van der Waals surface area contributed by atoms with E-state index in [1.54, 1.807) is 22.5 Å². The van der Waals surface area contributed by atoms with Gasteiger partial charge in [0.05, 0.1) is 6.54 Å². The van der Waals surface area contributed by atoms with Crippen LogP contribution in [0.2, 0.25) is 0 Å². The zero-order valence-electron chi connectivity index (χ0n) is 11.5. The van der Waals surface area contributed by atoms with E-state index in [0.717, 1.165) is 6.42 Å². The fourth-order valence-corrected chi connectivity index (χ4v) is 3.79. The molecule has 0 saturated heterocycles. The zero-order valence-corrected chi connectivity index (χ0v) is 13.1. The van der Waals surface area contributed by atoms with Crippen LogP contribution in [0.25, 0.3) is 0 Å². The molecule has 1 atom stereocenters. The molecule has 0 fully saturated rings. The van der Waals surface area contributed by atoms with Crippen LogP contribution < -0.4 is 4.72 Å². The Labute approximate surface area is 123 Å². The molecule has 0 aliphatic carbocycles. The Kier molecular flexibility index (Phi) is 4.77. The van der Waals surface area contributed by atoms with Gasteiger partial charge in [0.25, 0.3) is 10.0 Å². The number of thiophene rings is 1. The van der Waals surface area contributed by atoms with Gasteiger partial charge in [-0.05, 0) is 24.8 Å². The number of hydrazone groups is 1. The van der Waals surface area contributed by atoms with Gasteiger partial charge in [-0.3, -0.25) is 4.99 Å². The van der Waals surface area contributed by atoms with Crippen LogP contribution in [0.3, 0.4) is 0 Å². The molecule has 0 saturated carbocycles. The van der Waals surface area contributed by atoms with E-state index in [0.29, 0.717) is 19.0 Å². The highest BCUT2D eigenvalue weighted by Gasteiger charge is 2.25. The minimum atomic E-state index is -3.58. The maximum absolute atomic E-state index is 12.2. The van der Waals surface area contributed by atoms with E-state index in [-0.39, 0.29) is 10.2 Å². The third-order valence-electron chi connectivity index (χ3n) is 2.89. The summed E-state index contributed by atoms with van der Waals surface area (Å²) >= 11 is 1.18. The Morgan fingerprint density at radius 1 is 1.60 bits per heavy atom. The van der Waals surface area contributed by atoms with Gasteiger partial charge < -0.3 is 0 Å². The van der Waals surface area contributed by atoms with Gasteiger partial charge in [-0.1, -0.05) is 13.0 Å². The van der Waals surface area contributed by atoms with Crippen LogP contribution in [-0.4, -0.2) is 38.7 Å². The smallest absolute Gasteiger partial charge is 0.251 e. The van der Waals surface area contributed by atoms with Crippen molar-refractivity contribution < 1.29 is 8.42 Å². The first-order valence-corrected chi connectivity index (χ1v) is 8.85. The second-order valence-electron chi connectivity index (χ2n) is 4.35. The second kappa shape index (κ2) is 6.36. The van der Waals surface area contributed by atoms with Crippen molar-refractivity contribution in [2.24, 2.45) is 16.0 Å². The molecule has 0 aromatic carbocycles. The Hall–Kier alpha value is -1.41. The van der Waals surface area contributed by atoms with Crippen LogP contribution >= 0.6 is 11.3 Å². The van der Waals surface area contributed by atoms with Crippen molar-refractivity contribution in [2.45, 2.75) is 24.5 Å². The SMILES string of the molecule is CCN=C(NS(=O)(=O)c1cccs1)N1CC(CC)C=N1. The van der Waals surface area contributed by atoms with E-state index >= 15 is 0 Å². The summed E-state index contributed by atoms with van der Waals surface area (Å²) in [6, 6.07) is 3.27. The van der Waals surface area contributed by atoms with E-state index in [1.807, 2.05) is 13.1 Å². The van der Waals surface area contributed by atoms with Gasteiger partial charge in [-0.15, -0.1) is 11.3 Å². The predicted molar refractivity (Wildman–Crippen MR) is 81.6 cm³/mol. The van der Waals surface area contributed by atoms with Crippen molar-refractivity contribution in [3.63, 3.8) is 0 Å². The molecule has 2 heterocycles. The van der Waals surface area contributed by atoms with E-state index < -0.39 is 10.0 Å². The first-order chi connectivity index (χ1) is 9.56. The van der Waals surface area contributed by atoms with Gasteiger partial charge in [0.1, 0.15) is 4.21 Å². The highest BCUT2D eigenvalue weighted by Crippen LogP contribution is 2.17. The summed E-state index contributed by atoms with van der Waals surface area (Å²) in [7, 11) is -3.58. The lowest BCUT2D eigenvalue weighted by Gasteiger charge is -2.18. The largest absolute Gasteiger partial charge is 0.273 e. The predicted octanol–water partition coefficient (Wildman–Crippen LogP) is 1.73. The number of rotatable bonds is 4. The van der Waals surface area contributed by atoms with Crippen molar-refractivity contribution in [1.29, 1.82) is 0 Å². The van der Waals surface area contributed by atoms with Crippen molar-refractivity contribution >= 4 is 33.5 Å². The fourth-order valence-electron chi connectivity index (χ4n) is 1.77. The van der Waals surface area contributed by atoms with Gasteiger partial charge >= 0.3 is 0 Å². The normalized spacial score (nSPS) is 19.6. The van der Waals surface area contributed by atoms with Gasteiger partial charge in [-0.25, -0.2) is 18.1 Å². The van der Waals surface area contributed by atoms with Crippen molar-refractivity contribution in [2.75, 3.05) is 13.1 Å². The van der Waals surface area contributed by atoms with Crippen LogP contribution in [0.5, 0.6) is 0 Å². The topological polar surface area (TPSA) is 74.1 Å². The van der Waals surface area contributed by atoms with Crippen LogP contribution in [0, 0.1) is 5.92 Å². The first kappa shape index (κ1) is 15.0. The number of aliphatic imine (C=N–C) groups is 1. The molecule has 0 amide bonds. The van der Waals surface area contributed by atoms with Crippen LogP contribution in [0.1, 0.15) is 20.3 Å². The lowest BCUT2D eigenvalue weighted by molar-refractivity contribution is 0.429. The van der Waals surface area contributed by atoms with Gasteiger partial charge in [0, 0.05) is 18.7 Å². The summed E-state index contributed by atoms with van der Waals surface area (Å²) in [6.45, 7) is 5.08. The molecule has 1 aliphatic heterocycles. The van der Waals surface area contributed by atoms with Gasteiger partial charge in [0.15, 0.2) is 0 Å². The maximum atomic E-state index is 12.2. The number of hydrogen-bond donors (Lipinski definition) is 1. The Balaban J connectivity index is 2.16. The molecule has 1 aliphatic rings. The second-order valence-corrected chi connectivity index (χ2v) is 7.21. The Morgan fingerprint density at radius 2 is 2.40 bits per heavy atom. The molecular formula is C12H18N4O2S2. The molecule has 0 bridgehead atoms. The monoisotopic (exact) mass is 314 g/mol. The third-order valence-corrected chi connectivity index (χ3v) is 5.61. The first-order valence-electron chi connectivity index (χ1n) is 6.49. The summed E-state index contributed by atoms with van der Waals surface area (Å²) in [5, 5.41) is 7.57. The summed E-state index contributed by atoms with van der Waals surface area (Å²) < 4.78 is 27.3. The fraction of sp³-hybridized carbons (Fsp3) is 0.500. The van der Waals surface area contributed by atoms with Crippen molar-refractivity contribution in [3.8, 4) is 0 Å². The minimum Gasteiger partial charge on any atom is -0.251 e. The summed E-state index contributed by atoms with van der Waals surface area (Å²) in [4.78, 5) is 4.21. The lowest BCUT2D eigenvalue weighted by Crippen LogP contribution is -2.41. The average molecular weight is 314 g/mol. The summed E-state index contributed by atoms with van der Waals surface area (Å²) in [6.07, 6.45) is 2.81. The molecule has 0 spiro atoms. The molecule has 1 aromatic heterocycles. The van der Waals surface area contributed by atoms with Gasteiger partial charge in [0.2, 0.25) is 5.96 Å². The number of sulfonamides is 1. The molecule has 1 unspecified atom stereocenters. The molecule has 1 aromatic rings. The maximum Gasteiger partial charge on any atom is 0.273 e. The summed E-state index contributed by atoms with van der Waals surface area (Å²) in [5.74, 6) is 0.622. The number of hydrogen-bond acceptors (Lipinski definition) is 5. The van der Waals surface area contributed by atoms with Crippen LogP contribution in [0.15, 0.2) is 31.8 Å². The quantitative estimate of drug-likeness (QED) is 0.679. The molecule has 8 heteroatoms. The third kappa shape index (κ3) is 3.37. The van der Waals surface area contributed by atoms with E-state index in [1.165, 1.54) is 11.3 Å². The van der Waals surface area contributed by atoms with E-state index in [9.17, 15) is 8.42 Å². The number of guanidine groups is 1. The van der Waals surface area contributed by atoms with Crippen LogP contribution in [0.4, 0.5) is 0 Å². The van der Waals surface area contributed by atoms with E-state index in [4.69, 9.17) is 0 Å². The zero-order chi connectivity index (χ0) is 14.6. The van der Waals surface area contributed by atoms with Crippen LogP contribution in [-0.2, 0) is 10.0 Å².